The number of aromatic nitrogens is 2. The highest BCUT2D eigenvalue weighted by atomic mass is 19.1. The Labute approximate surface area is 93.2 Å². The molecule has 4 heteroatoms. The van der Waals surface area contributed by atoms with E-state index in [9.17, 15) is 4.39 Å². The van der Waals surface area contributed by atoms with E-state index in [2.05, 4.69) is 9.97 Å². The molecule has 1 atom stereocenters. The fraction of sp³-hybridized carbons (Fsp3) is 0.167. The van der Waals surface area contributed by atoms with Gasteiger partial charge in [0.25, 0.3) is 0 Å². The predicted octanol–water partition coefficient (Wildman–Crippen LogP) is 1.97. The van der Waals surface area contributed by atoms with Gasteiger partial charge in [0.05, 0.1) is 6.04 Å². The van der Waals surface area contributed by atoms with Crippen LogP contribution in [0.5, 0.6) is 0 Å². The number of hydrogen-bond acceptors (Lipinski definition) is 3. The largest absolute Gasteiger partial charge is 0.320 e. The molecule has 0 fully saturated rings. The molecule has 2 aromatic rings. The summed E-state index contributed by atoms with van der Waals surface area (Å²) in [5.74, 6) is -0.284. The van der Waals surface area contributed by atoms with Crippen LogP contribution in [0.4, 0.5) is 4.39 Å². The lowest BCUT2D eigenvalue weighted by molar-refractivity contribution is 0.622. The third kappa shape index (κ3) is 2.06. The number of benzene rings is 1. The lowest BCUT2D eigenvalue weighted by Gasteiger charge is -2.14. The lowest BCUT2D eigenvalue weighted by Crippen LogP contribution is -2.14. The van der Waals surface area contributed by atoms with Gasteiger partial charge in [-0.25, -0.2) is 14.4 Å². The molecular weight excluding hydrogens is 205 g/mol. The second kappa shape index (κ2) is 4.37. The third-order valence-corrected chi connectivity index (χ3v) is 2.52. The summed E-state index contributed by atoms with van der Waals surface area (Å²) >= 11 is 0. The Bertz CT molecular complexity index is 485. The molecule has 0 saturated carbocycles. The van der Waals surface area contributed by atoms with Crippen molar-refractivity contribution in [1.82, 2.24) is 9.97 Å². The van der Waals surface area contributed by atoms with E-state index in [0.29, 0.717) is 0 Å². The van der Waals surface area contributed by atoms with E-state index in [1.807, 2.05) is 6.92 Å². The van der Waals surface area contributed by atoms with E-state index in [-0.39, 0.29) is 5.82 Å². The Morgan fingerprint density at radius 3 is 2.62 bits per heavy atom. The van der Waals surface area contributed by atoms with Gasteiger partial charge in [-0.3, -0.25) is 0 Å². The summed E-state index contributed by atoms with van der Waals surface area (Å²) in [6.07, 6.45) is 4.72. The average Bonchev–Trinajstić information content (AvgIpc) is 2.32. The molecule has 16 heavy (non-hydrogen) atoms. The molecular formula is C12H12FN3. The van der Waals surface area contributed by atoms with Crippen LogP contribution in [-0.4, -0.2) is 9.97 Å². The summed E-state index contributed by atoms with van der Waals surface area (Å²) in [6, 6.07) is 4.20. The van der Waals surface area contributed by atoms with Crippen LogP contribution in [0.3, 0.4) is 0 Å². The number of hydrogen-bond donors (Lipinski definition) is 1. The van der Waals surface area contributed by atoms with Gasteiger partial charge in [-0.2, -0.15) is 0 Å². The van der Waals surface area contributed by atoms with Crippen LogP contribution in [0, 0.1) is 12.7 Å². The van der Waals surface area contributed by atoms with Gasteiger partial charge in [0, 0.05) is 18.0 Å². The van der Waals surface area contributed by atoms with Crippen LogP contribution in [0.1, 0.15) is 22.7 Å². The summed E-state index contributed by atoms with van der Waals surface area (Å²) < 4.78 is 13.1. The SMILES string of the molecule is Cc1ccc(F)cc1C(N)c1cncnc1. The van der Waals surface area contributed by atoms with Crippen LogP contribution in [0.25, 0.3) is 0 Å². The Kier molecular flexibility index (Phi) is 2.92. The van der Waals surface area contributed by atoms with Crippen molar-refractivity contribution in [2.24, 2.45) is 5.73 Å². The van der Waals surface area contributed by atoms with E-state index >= 15 is 0 Å². The zero-order chi connectivity index (χ0) is 11.5. The van der Waals surface area contributed by atoms with Crippen LogP contribution in [0.2, 0.25) is 0 Å². The number of nitrogens with two attached hydrogens (primary N) is 1. The van der Waals surface area contributed by atoms with Crippen LogP contribution >= 0.6 is 0 Å². The summed E-state index contributed by atoms with van der Waals surface area (Å²) in [4.78, 5) is 7.80. The summed E-state index contributed by atoms with van der Waals surface area (Å²) in [5.41, 5.74) is 8.53. The molecule has 1 heterocycles. The molecule has 0 amide bonds. The Morgan fingerprint density at radius 2 is 1.94 bits per heavy atom. The predicted molar refractivity (Wildman–Crippen MR) is 59.2 cm³/mol. The Hall–Kier alpha value is -1.81. The van der Waals surface area contributed by atoms with E-state index in [4.69, 9.17) is 5.73 Å². The zero-order valence-corrected chi connectivity index (χ0v) is 8.89. The molecule has 2 rings (SSSR count). The highest BCUT2D eigenvalue weighted by molar-refractivity contribution is 5.35. The van der Waals surface area contributed by atoms with E-state index in [1.54, 1.807) is 18.5 Å². The van der Waals surface area contributed by atoms with Crippen molar-refractivity contribution in [2.75, 3.05) is 0 Å². The molecule has 0 aliphatic carbocycles. The minimum atomic E-state index is -0.392. The summed E-state index contributed by atoms with van der Waals surface area (Å²) in [7, 11) is 0. The van der Waals surface area contributed by atoms with E-state index in [1.165, 1.54) is 18.5 Å². The van der Waals surface area contributed by atoms with Gasteiger partial charge < -0.3 is 5.73 Å². The number of rotatable bonds is 2. The molecule has 1 unspecified atom stereocenters. The Balaban J connectivity index is 2.41. The summed E-state index contributed by atoms with van der Waals surface area (Å²) in [5, 5.41) is 0. The minimum absolute atomic E-state index is 0.284. The number of halogens is 1. The maximum absolute atomic E-state index is 13.1. The van der Waals surface area contributed by atoms with Gasteiger partial charge in [-0.15, -0.1) is 0 Å². The third-order valence-electron chi connectivity index (χ3n) is 2.52. The second-order valence-corrected chi connectivity index (χ2v) is 3.65. The van der Waals surface area contributed by atoms with Crippen LogP contribution < -0.4 is 5.73 Å². The Morgan fingerprint density at radius 1 is 1.25 bits per heavy atom. The van der Waals surface area contributed by atoms with Crippen molar-refractivity contribution < 1.29 is 4.39 Å². The maximum atomic E-state index is 13.1. The fourth-order valence-corrected chi connectivity index (χ4v) is 1.60. The molecule has 1 aromatic carbocycles. The molecule has 0 aliphatic rings. The van der Waals surface area contributed by atoms with Crippen molar-refractivity contribution in [3.63, 3.8) is 0 Å². The van der Waals surface area contributed by atoms with Gasteiger partial charge in [0.1, 0.15) is 12.1 Å². The van der Waals surface area contributed by atoms with Crippen molar-refractivity contribution >= 4 is 0 Å². The average molecular weight is 217 g/mol. The fourth-order valence-electron chi connectivity index (χ4n) is 1.60. The normalized spacial score (nSPS) is 12.4. The molecule has 0 spiro atoms. The molecule has 1 aromatic heterocycles. The van der Waals surface area contributed by atoms with Crippen molar-refractivity contribution in [3.8, 4) is 0 Å². The van der Waals surface area contributed by atoms with Gasteiger partial charge in [-0.05, 0) is 30.2 Å². The highest BCUT2D eigenvalue weighted by Crippen LogP contribution is 2.22. The molecule has 0 aliphatic heterocycles. The first-order valence-electron chi connectivity index (χ1n) is 4.95. The molecule has 82 valence electrons. The topological polar surface area (TPSA) is 51.8 Å². The molecule has 2 N–H and O–H groups in total. The maximum Gasteiger partial charge on any atom is 0.123 e. The van der Waals surface area contributed by atoms with Gasteiger partial charge in [0.2, 0.25) is 0 Å². The van der Waals surface area contributed by atoms with Gasteiger partial charge in [-0.1, -0.05) is 6.07 Å². The second-order valence-electron chi connectivity index (χ2n) is 3.65. The molecule has 0 bridgehead atoms. The quantitative estimate of drug-likeness (QED) is 0.836. The smallest absolute Gasteiger partial charge is 0.123 e. The minimum Gasteiger partial charge on any atom is -0.320 e. The van der Waals surface area contributed by atoms with Gasteiger partial charge >= 0.3 is 0 Å². The molecule has 0 radical (unpaired) electrons. The first-order valence-corrected chi connectivity index (χ1v) is 4.95. The van der Waals surface area contributed by atoms with E-state index < -0.39 is 6.04 Å². The summed E-state index contributed by atoms with van der Waals surface area (Å²) in [6.45, 7) is 1.90. The van der Waals surface area contributed by atoms with Crippen molar-refractivity contribution in [3.05, 3.63) is 59.4 Å². The number of aryl methyl sites for hydroxylation is 1. The monoisotopic (exact) mass is 217 g/mol. The van der Waals surface area contributed by atoms with Crippen molar-refractivity contribution in [1.29, 1.82) is 0 Å². The first-order chi connectivity index (χ1) is 7.68. The van der Waals surface area contributed by atoms with Crippen LogP contribution in [-0.2, 0) is 0 Å². The number of nitrogens with zero attached hydrogens (tertiary/aromatic N) is 2. The molecule has 0 saturated heterocycles. The first kappa shape index (κ1) is 10.7. The van der Waals surface area contributed by atoms with Gasteiger partial charge in [0.15, 0.2) is 0 Å². The standard InChI is InChI=1S/C12H12FN3/c1-8-2-3-10(13)4-11(8)12(14)9-5-15-7-16-6-9/h2-7,12H,14H2,1H3. The zero-order valence-electron chi connectivity index (χ0n) is 8.89. The lowest BCUT2D eigenvalue weighted by atomic mass is 9.97. The molecule has 3 nitrogen and oxygen atoms in total. The van der Waals surface area contributed by atoms with E-state index in [0.717, 1.165) is 16.7 Å². The van der Waals surface area contributed by atoms with Crippen molar-refractivity contribution in [2.45, 2.75) is 13.0 Å². The highest BCUT2D eigenvalue weighted by Gasteiger charge is 2.12. The van der Waals surface area contributed by atoms with Crippen LogP contribution in [0.15, 0.2) is 36.9 Å².